The first-order chi connectivity index (χ1) is 12.8. The number of nitrogens with one attached hydrogen (secondary N) is 1. The Morgan fingerprint density at radius 1 is 1.04 bits per heavy atom. The van der Waals surface area contributed by atoms with Crippen LogP contribution in [0.3, 0.4) is 0 Å². The van der Waals surface area contributed by atoms with Crippen LogP contribution in [-0.4, -0.2) is 63.7 Å². The number of hydrogen-bond donors (Lipinski definition) is 1. The molecular weight excluding hydrogens is 346 g/mol. The summed E-state index contributed by atoms with van der Waals surface area (Å²) >= 11 is 1.81. The lowest BCUT2D eigenvalue weighted by Crippen LogP contribution is -2.43. The van der Waals surface area contributed by atoms with E-state index in [1.54, 1.807) is 12.4 Å². The van der Waals surface area contributed by atoms with Crippen molar-refractivity contribution in [3.8, 4) is 11.3 Å². The lowest BCUT2D eigenvalue weighted by molar-refractivity contribution is 0.429. The van der Waals surface area contributed by atoms with Crippen molar-refractivity contribution in [1.29, 1.82) is 0 Å². The number of nitrogens with zero attached hydrogens (tertiary/aromatic N) is 6. The zero-order valence-corrected chi connectivity index (χ0v) is 15.7. The number of piperazine rings is 1. The van der Waals surface area contributed by atoms with E-state index in [9.17, 15) is 0 Å². The van der Waals surface area contributed by atoms with Gasteiger partial charge in [0, 0.05) is 57.4 Å². The average Bonchev–Trinajstić information content (AvgIpc) is 2.73. The van der Waals surface area contributed by atoms with Crippen molar-refractivity contribution < 1.29 is 0 Å². The Labute approximate surface area is 157 Å². The molecule has 7 nitrogen and oxygen atoms in total. The first-order valence-corrected chi connectivity index (χ1v) is 9.76. The van der Waals surface area contributed by atoms with E-state index in [4.69, 9.17) is 0 Å². The molecule has 8 heteroatoms. The van der Waals surface area contributed by atoms with Gasteiger partial charge in [-0.25, -0.2) is 19.3 Å². The second-order valence-corrected chi connectivity index (χ2v) is 6.92. The molecule has 0 aromatic carbocycles. The maximum absolute atomic E-state index is 4.68. The third-order valence-corrected chi connectivity index (χ3v) is 5.44. The normalized spacial score (nSPS) is 15.4. The summed E-state index contributed by atoms with van der Waals surface area (Å²) in [6.45, 7) is 4.11. The molecule has 0 atom stereocenters. The lowest BCUT2D eigenvalue weighted by atomic mass is 10.1. The maximum Gasteiger partial charge on any atom is 0.154 e. The van der Waals surface area contributed by atoms with Gasteiger partial charge in [-0.15, -0.1) is 0 Å². The van der Waals surface area contributed by atoms with Crippen LogP contribution in [0.25, 0.3) is 22.3 Å². The molecule has 1 aliphatic rings. The number of aromatic nitrogens is 4. The van der Waals surface area contributed by atoms with Crippen molar-refractivity contribution in [3.63, 3.8) is 0 Å². The Morgan fingerprint density at radius 2 is 1.85 bits per heavy atom. The molecule has 0 unspecified atom stereocenters. The Hall–Kier alpha value is -2.45. The van der Waals surface area contributed by atoms with Gasteiger partial charge >= 0.3 is 0 Å². The van der Waals surface area contributed by atoms with Gasteiger partial charge in [-0.05, 0) is 24.5 Å². The van der Waals surface area contributed by atoms with E-state index in [0.717, 1.165) is 60.1 Å². The van der Waals surface area contributed by atoms with Crippen LogP contribution in [0.5, 0.6) is 0 Å². The highest BCUT2D eigenvalue weighted by Crippen LogP contribution is 2.26. The van der Waals surface area contributed by atoms with E-state index in [1.807, 2.05) is 31.3 Å². The summed E-state index contributed by atoms with van der Waals surface area (Å²) in [4.78, 5) is 20.4. The number of fused-ring (bicyclic) bond motifs is 1. The molecule has 1 N–H and O–H groups in total. The zero-order valence-electron chi connectivity index (χ0n) is 14.9. The molecule has 3 aromatic rings. The summed E-state index contributed by atoms with van der Waals surface area (Å²) in [6, 6.07) is 6.11. The molecule has 0 spiro atoms. The predicted octanol–water partition coefficient (Wildman–Crippen LogP) is 2.53. The topological polar surface area (TPSA) is 70.1 Å². The third kappa shape index (κ3) is 3.30. The minimum Gasteiger partial charge on any atom is -0.371 e. The minimum atomic E-state index is 0.725. The fraction of sp³-hybridized carbons (Fsp3) is 0.333. The monoisotopic (exact) mass is 367 g/mol. The lowest BCUT2D eigenvalue weighted by Gasteiger charge is -2.33. The molecule has 134 valence electrons. The molecule has 3 aromatic heterocycles. The van der Waals surface area contributed by atoms with Crippen LogP contribution in [0.4, 0.5) is 11.6 Å². The molecule has 4 heterocycles. The van der Waals surface area contributed by atoms with Gasteiger partial charge in [0.25, 0.3) is 0 Å². The summed E-state index contributed by atoms with van der Waals surface area (Å²) in [5.74, 6) is 1.74. The molecule has 0 amide bonds. The van der Waals surface area contributed by atoms with Crippen LogP contribution in [0, 0.1) is 0 Å². The highest BCUT2D eigenvalue weighted by Gasteiger charge is 2.17. The van der Waals surface area contributed by atoms with Crippen molar-refractivity contribution in [2.24, 2.45) is 0 Å². The minimum absolute atomic E-state index is 0.725. The Morgan fingerprint density at radius 3 is 2.54 bits per heavy atom. The molecule has 1 fully saturated rings. The largest absolute Gasteiger partial charge is 0.371 e. The molecular formula is C18H21N7S. The van der Waals surface area contributed by atoms with Gasteiger partial charge in [-0.2, -0.15) is 0 Å². The molecule has 0 saturated carbocycles. The summed E-state index contributed by atoms with van der Waals surface area (Å²) < 4.78 is 2.38. The van der Waals surface area contributed by atoms with Gasteiger partial charge in [0.2, 0.25) is 0 Å². The van der Waals surface area contributed by atoms with Crippen molar-refractivity contribution in [1.82, 2.24) is 24.2 Å². The molecule has 0 aliphatic carbocycles. The molecule has 0 bridgehead atoms. The van der Waals surface area contributed by atoms with E-state index >= 15 is 0 Å². The number of anilines is 2. The van der Waals surface area contributed by atoms with E-state index in [0.29, 0.717) is 0 Å². The number of hydrogen-bond acceptors (Lipinski definition) is 8. The second kappa shape index (κ2) is 7.43. The summed E-state index contributed by atoms with van der Waals surface area (Å²) in [5, 5.41) is 3.10. The van der Waals surface area contributed by atoms with Crippen molar-refractivity contribution in [3.05, 3.63) is 36.8 Å². The van der Waals surface area contributed by atoms with Crippen LogP contribution in [0.2, 0.25) is 0 Å². The van der Waals surface area contributed by atoms with Crippen LogP contribution in [-0.2, 0) is 0 Å². The highest BCUT2D eigenvalue weighted by atomic mass is 32.2. The molecule has 0 radical (unpaired) electrons. The maximum atomic E-state index is 4.68. The summed E-state index contributed by atoms with van der Waals surface area (Å²) in [5.41, 5.74) is 3.41. The first kappa shape index (κ1) is 17.0. The Balaban J connectivity index is 1.60. The summed E-state index contributed by atoms with van der Waals surface area (Å²) in [6.07, 6.45) is 7.39. The number of pyridine rings is 2. The van der Waals surface area contributed by atoms with Gasteiger partial charge in [0.15, 0.2) is 5.82 Å². The SMILES string of the molecule is CNc1nc(-c2ccc(N3CCN(SC)CC3)nc2)cc2nccnc12. The van der Waals surface area contributed by atoms with Crippen LogP contribution in [0.15, 0.2) is 36.8 Å². The highest BCUT2D eigenvalue weighted by molar-refractivity contribution is 7.96. The van der Waals surface area contributed by atoms with Crippen molar-refractivity contribution in [2.45, 2.75) is 0 Å². The number of rotatable bonds is 4. The predicted molar refractivity (Wildman–Crippen MR) is 107 cm³/mol. The smallest absolute Gasteiger partial charge is 0.154 e. The van der Waals surface area contributed by atoms with Gasteiger partial charge < -0.3 is 10.2 Å². The van der Waals surface area contributed by atoms with Gasteiger partial charge in [-0.1, -0.05) is 11.9 Å². The first-order valence-electron chi connectivity index (χ1n) is 8.58. The van der Waals surface area contributed by atoms with E-state index in [2.05, 4.69) is 52.8 Å². The van der Waals surface area contributed by atoms with Crippen molar-refractivity contribution >= 4 is 34.6 Å². The molecule has 4 rings (SSSR count). The average molecular weight is 367 g/mol. The van der Waals surface area contributed by atoms with Crippen LogP contribution >= 0.6 is 11.9 Å². The molecule has 1 saturated heterocycles. The van der Waals surface area contributed by atoms with Gasteiger partial charge in [0.1, 0.15) is 11.3 Å². The fourth-order valence-electron chi connectivity index (χ4n) is 3.12. The zero-order chi connectivity index (χ0) is 17.9. The second-order valence-electron chi connectivity index (χ2n) is 6.03. The Kier molecular flexibility index (Phi) is 4.85. The standard InChI is InChI=1S/C18H21N7S/c1-19-18-17-15(20-5-6-21-17)11-14(23-18)13-3-4-16(22-12-13)24-7-9-25(26-2)10-8-24/h3-6,11-12H,7-10H2,1-2H3,(H,19,23). The fourth-order valence-corrected chi connectivity index (χ4v) is 3.65. The van der Waals surface area contributed by atoms with E-state index in [-0.39, 0.29) is 0 Å². The van der Waals surface area contributed by atoms with E-state index < -0.39 is 0 Å². The van der Waals surface area contributed by atoms with Crippen LogP contribution < -0.4 is 10.2 Å². The summed E-state index contributed by atoms with van der Waals surface area (Å²) in [7, 11) is 1.84. The van der Waals surface area contributed by atoms with E-state index in [1.165, 1.54) is 0 Å². The molecule has 26 heavy (non-hydrogen) atoms. The quantitative estimate of drug-likeness (QED) is 0.706. The Bertz CT molecular complexity index is 892. The third-order valence-electron chi connectivity index (χ3n) is 4.56. The van der Waals surface area contributed by atoms with Crippen LogP contribution in [0.1, 0.15) is 0 Å². The molecule has 1 aliphatic heterocycles. The van der Waals surface area contributed by atoms with Crippen molar-refractivity contribution in [2.75, 3.05) is 49.7 Å². The van der Waals surface area contributed by atoms with Gasteiger partial charge in [-0.3, -0.25) is 4.98 Å². The van der Waals surface area contributed by atoms with Gasteiger partial charge in [0.05, 0.1) is 11.2 Å².